The molecule has 0 radical (unpaired) electrons. The Kier molecular flexibility index (Phi) is 2.02. The van der Waals surface area contributed by atoms with Crippen LogP contribution in [0.2, 0.25) is 0 Å². The van der Waals surface area contributed by atoms with E-state index >= 15 is 0 Å². The fraction of sp³-hybridized carbons (Fsp3) is 0.455. The van der Waals surface area contributed by atoms with Crippen molar-refractivity contribution in [3.05, 3.63) is 29.6 Å². The molecule has 0 amide bonds. The summed E-state index contributed by atoms with van der Waals surface area (Å²) in [6.45, 7) is 2.20. The molecule has 0 unspecified atom stereocenters. The third kappa shape index (κ3) is 1.31. The number of fused-ring (bicyclic) bond motifs is 1. The minimum Gasteiger partial charge on any atom is -0.260 e. The molecule has 1 aliphatic rings. The zero-order valence-electron chi connectivity index (χ0n) is 7.70. The van der Waals surface area contributed by atoms with Gasteiger partial charge in [-0.05, 0) is 30.4 Å². The van der Waals surface area contributed by atoms with E-state index in [0.717, 1.165) is 18.5 Å². The predicted octanol–water partition coefficient (Wildman–Crippen LogP) is 2.59. The van der Waals surface area contributed by atoms with E-state index in [1.807, 2.05) is 6.07 Å². The van der Waals surface area contributed by atoms with E-state index in [1.54, 1.807) is 6.20 Å². The minimum atomic E-state index is 0.0207. The number of hydrogen-bond acceptors (Lipinski definition) is 2. The standard InChI is InChI=1S/C11H12N2/c1-8-4-5-9(7-12)11-10(8)3-2-6-13-11/h2-3,6,8-9H,4-5H2,1H3/t8-,9+/m1/s1. The maximum absolute atomic E-state index is 8.93. The van der Waals surface area contributed by atoms with Crippen molar-refractivity contribution in [2.45, 2.75) is 31.6 Å². The summed E-state index contributed by atoms with van der Waals surface area (Å²) in [4.78, 5) is 4.30. The van der Waals surface area contributed by atoms with Crippen LogP contribution in [0.4, 0.5) is 0 Å². The van der Waals surface area contributed by atoms with E-state index in [4.69, 9.17) is 5.26 Å². The van der Waals surface area contributed by atoms with Gasteiger partial charge in [-0.25, -0.2) is 0 Å². The molecule has 0 saturated carbocycles. The van der Waals surface area contributed by atoms with E-state index < -0.39 is 0 Å². The van der Waals surface area contributed by atoms with Crippen LogP contribution in [0.5, 0.6) is 0 Å². The van der Waals surface area contributed by atoms with Crippen LogP contribution < -0.4 is 0 Å². The Hall–Kier alpha value is -1.36. The van der Waals surface area contributed by atoms with Crippen molar-refractivity contribution in [3.8, 4) is 6.07 Å². The summed E-state index contributed by atoms with van der Waals surface area (Å²) in [6.07, 6.45) is 3.85. The van der Waals surface area contributed by atoms with Gasteiger partial charge in [0, 0.05) is 6.20 Å². The summed E-state index contributed by atoms with van der Waals surface area (Å²) in [6, 6.07) is 6.37. The van der Waals surface area contributed by atoms with Crippen LogP contribution in [-0.2, 0) is 0 Å². The molecule has 2 rings (SSSR count). The monoisotopic (exact) mass is 172 g/mol. The molecule has 2 nitrogen and oxygen atoms in total. The summed E-state index contributed by atoms with van der Waals surface area (Å²) in [5.41, 5.74) is 2.27. The maximum Gasteiger partial charge on any atom is 0.0887 e. The molecule has 2 heteroatoms. The molecule has 0 aliphatic heterocycles. The first-order valence-corrected chi connectivity index (χ1v) is 4.67. The molecule has 0 N–H and O–H groups in total. The smallest absolute Gasteiger partial charge is 0.0887 e. The van der Waals surface area contributed by atoms with Gasteiger partial charge < -0.3 is 0 Å². The number of pyridine rings is 1. The van der Waals surface area contributed by atoms with Crippen LogP contribution in [-0.4, -0.2) is 4.98 Å². The summed E-state index contributed by atoms with van der Waals surface area (Å²) in [7, 11) is 0. The molecule has 66 valence electrons. The van der Waals surface area contributed by atoms with Gasteiger partial charge in [0.2, 0.25) is 0 Å². The average molecular weight is 172 g/mol. The predicted molar refractivity (Wildman–Crippen MR) is 50.2 cm³/mol. The fourth-order valence-electron chi connectivity index (χ4n) is 1.97. The molecule has 1 heterocycles. The molecule has 13 heavy (non-hydrogen) atoms. The Morgan fingerprint density at radius 1 is 1.54 bits per heavy atom. The largest absolute Gasteiger partial charge is 0.260 e. The van der Waals surface area contributed by atoms with Crippen molar-refractivity contribution in [1.29, 1.82) is 5.26 Å². The molecule has 0 bridgehead atoms. The maximum atomic E-state index is 8.93. The Morgan fingerprint density at radius 3 is 3.15 bits per heavy atom. The Bertz CT molecular complexity index is 351. The second kappa shape index (κ2) is 3.18. The molecule has 0 saturated heterocycles. The minimum absolute atomic E-state index is 0.0207. The van der Waals surface area contributed by atoms with Crippen LogP contribution in [0.1, 0.15) is 42.9 Å². The van der Waals surface area contributed by atoms with Crippen molar-refractivity contribution in [1.82, 2.24) is 4.98 Å². The molecule has 0 fully saturated rings. The highest BCUT2D eigenvalue weighted by Crippen LogP contribution is 2.36. The van der Waals surface area contributed by atoms with Crippen molar-refractivity contribution in [3.63, 3.8) is 0 Å². The molecule has 1 aromatic heterocycles. The van der Waals surface area contributed by atoms with Gasteiger partial charge in [0.05, 0.1) is 17.7 Å². The average Bonchev–Trinajstić information content (AvgIpc) is 2.19. The molecule has 1 aromatic rings. The van der Waals surface area contributed by atoms with E-state index in [2.05, 4.69) is 24.0 Å². The van der Waals surface area contributed by atoms with Crippen LogP contribution in [0, 0.1) is 11.3 Å². The Labute approximate surface area is 78.2 Å². The molecular formula is C11H12N2. The number of nitrogens with zero attached hydrogens (tertiary/aromatic N) is 2. The summed E-state index contributed by atoms with van der Waals surface area (Å²) in [5, 5.41) is 8.93. The lowest BCUT2D eigenvalue weighted by atomic mass is 9.81. The van der Waals surface area contributed by atoms with Crippen molar-refractivity contribution in [2.75, 3.05) is 0 Å². The van der Waals surface area contributed by atoms with Gasteiger partial charge in [0.15, 0.2) is 0 Å². The van der Waals surface area contributed by atoms with Gasteiger partial charge in [0.25, 0.3) is 0 Å². The van der Waals surface area contributed by atoms with E-state index in [1.165, 1.54) is 5.56 Å². The van der Waals surface area contributed by atoms with Gasteiger partial charge in [-0.15, -0.1) is 0 Å². The lowest BCUT2D eigenvalue weighted by Crippen LogP contribution is -2.13. The van der Waals surface area contributed by atoms with Gasteiger partial charge in [-0.1, -0.05) is 13.0 Å². The third-order valence-electron chi connectivity index (χ3n) is 2.78. The summed E-state index contributed by atoms with van der Waals surface area (Å²) < 4.78 is 0. The highest BCUT2D eigenvalue weighted by atomic mass is 14.7. The van der Waals surface area contributed by atoms with E-state index in [0.29, 0.717) is 5.92 Å². The van der Waals surface area contributed by atoms with Crippen LogP contribution in [0.3, 0.4) is 0 Å². The number of aromatic nitrogens is 1. The molecule has 0 aromatic carbocycles. The van der Waals surface area contributed by atoms with Gasteiger partial charge in [0.1, 0.15) is 0 Å². The highest BCUT2D eigenvalue weighted by Gasteiger charge is 2.25. The molecular weight excluding hydrogens is 160 g/mol. The first kappa shape index (κ1) is 8.25. The first-order chi connectivity index (χ1) is 6.33. The zero-order chi connectivity index (χ0) is 9.26. The second-order valence-electron chi connectivity index (χ2n) is 3.64. The summed E-state index contributed by atoms with van der Waals surface area (Å²) in [5.74, 6) is 0.584. The lowest BCUT2D eigenvalue weighted by molar-refractivity contribution is 0.546. The Balaban J connectivity index is 2.49. The van der Waals surface area contributed by atoms with E-state index in [9.17, 15) is 0 Å². The van der Waals surface area contributed by atoms with Crippen LogP contribution in [0.15, 0.2) is 18.3 Å². The first-order valence-electron chi connectivity index (χ1n) is 4.67. The Morgan fingerprint density at radius 2 is 2.38 bits per heavy atom. The fourth-order valence-corrected chi connectivity index (χ4v) is 1.97. The SMILES string of the molecule is C[C@@H]1CC[C@@H](C#N)c2ncccc21. The lowest BCUT2D eigenvalue weighted by Gasteiger charge is -2.24. The molecule has 1 aliphatic carbocycles. The van der Waals surface area contributed by atoms with E-state index in [-0.39, 0.29) is 5.92 Å². The van der Waals surface area contributed by atoms with Crippen LogP contribution in [0.25, 0.3) is 0 Å². The summed E-state index contributed by atoms with van der Waals surface area (Å²) >= 11 is 0. The van der Waals surface area contributed by atoms with Crippen LogP contribution >= 0.6 is 0 Å². The molecule has 0 spiro atoms. The quantitative estimate of drug-likeness (QED) is 0.603. The third-order valence-corrected chi connectivity index (χ3v) is 2.78. The second-order valence-corrected chi connectivity index (χ2v) is 3.64. The highest BCUT2D eigenvalue weighted by molar-refractivity contribution is 5.32. The number of rotatable bonds is 0. The molecule has 2 atom stereocenters. The van der Waals surface area contributed by atoms with Gasteiger partial charge in [-0.3, -0.25) is 4.98 Å². The zero-order valence-corrected chi connectivity index (χ0v) is 7.70. The normalized spacial score (nSPS) is 26.2. The van der Waals surface area contributed by atoms with Gasteiger partial charge in [-0.2, -0.15) is 5.26 Å². The van der Waals surface area contributed by atoms with Crippen molar-refractivity contribution >= 4 is 0 Å². The topological polar surface area (TPSA) is 36.7 Å². The van der Waals surface area contributed by atoms with Gasteiger partial charge >= 0.3 is 0 Å². The van der Waals surface area contributed by atoms with Crippen molar-refractivity contribution < 1.29 is 0 Å². The van der Waals surface area contributed by atoms with Crippen molar-refractivity contribution in [2.24, 2.45) is 0 Å². The number of hydrogen-bond donors (Lipinski definition) is 0. The number of nitriles is 1.